The Labute approximate surface area is 94.0 Å². The summed E-state index contributed by atoms with van der Waals surface area (Å²) >= 11 is 0. The first-order valence-corrected chi connectivity index (χ1v) is 6.75. The Morgan fingerprint density at radius 3 is 2.40 bits per heavy atom. The van der Waals surface area contributed by atoms with Crippen LogP contribution in [-0.4, -0.2) is 12.1 Å². The molecule has 15 heavy (non-hydrogen) atoms. The fourth-order valence-electron chi connectivity index (χ4n) is 4.41. The molecule has 1 radical (unpaired) electrons. The first-order chi connectivity index (χ1) is 7.15. The highest BCUT2D eigenvalue weighted by Gasteiger charge is 2.50. The molecule has 85 valence electrons. The maximum absolute atomic E-state index is 3.91. The Morgan fingerprint density at radius 1 is 1.20 bits per heavy atom. The van der Waals surface area contributed by atoms with E-state index < -0.39 is 0 Å². The van der Waals surface area contributed by atoms with Crippen molar-refractivity contribution in [3.8, 4) is 0 Å². The SMILES string of the molecule is CC(C)CN[C@]12C[C@@H]3[CH][C@@H](C[C@@H](C3)C1)C2. The van der Waals surface area contributed by atoms with E-state index in [0.717, 1.165) is 23.7 Å². The molecule has 4 rings (SSSR count). The van der Waals surface area contributed by atoms with Gasteiger partial charge in [-0.15, -0.1) is 0 Å². The van der Waals surface area contributed by atoms with Crippen LogP contribution in [0.4, 0.5) is 0 Å². The zero-order valence-electron chi connectivity index (χ0n) is 10.1. The molecule has 0 aliphatic heterocycles. The van der Waals surface area contributed by atoms with Gasteiger partial charge in [0.05, 0.1) is 0 Å². The molecular formula is C14H24N. The van der Waals surface area contributed by atoms with E-state index in [1.807, 2.05) is 0 Å². The van der Waals surface area contributed by atoms with Crippen molar-refractivity contribution in [3.05, 3.63) is 6.42 Å². The van der Waals surface area contributed by atoms with Crippen LogP contribution in [0.2, 0.25) is 0 Å². The van der Waals surface area contributed by atoms with Crippen LogP contribution in [-0.2, 0) is 0 Å². The molecule has 1 nitrogen and oxygen atoms in total. The third kappa shape index (κ3) is 1.84. The maximum Gasteiger partial charge on any atom is 0.0189 e. The Balaban J connectivity index is 1.70. The van der Waals surface area contributed by atoms with Gasteiger partial charge in [-0.1, -0.05) is 13.8 Å². The fourth-order valence-corrected chi connectivity index (χ4v) is 4.41. The molecule has 4 bridgehead atoms. The number of hydrogen-bond acceptors (Lipinski definition) is 1. The lowest BCUT2D eigenvalue weighted by atomic mass is 9.53. The van der Waals surface area contributed by atoms with Crippen LogP contribution >= 0.6 is 0 Å². The normalized spacial score (nSPS) is 47.8. The van der Waals surface area contributed by atoms with Crippen LogP contribution in [0.15, 0.2) is 0 Å². The molecule has 0 unspecified atom stereocenters. The molecule has 4 atom stereocenters. The van der Waals surface area contributed by atoms with E-state index in [1.54, 1.807) is 0 Å². The second kappa shape index (κ2) is 3.48. The van der Waals surface area contributed by atoms with Crippen LogP contribution in [0.1, 0.15) is 46.0 Å². The van der Waals surface area contributed by atoms with Gasteiger partial charge in [0, 0.05) is 5.54 Å². The van der Waals surface area contributed by atoms with Crippen molar-refractivity contribution in [3.63, 3.8) is 0 Å². The largest absolute Gasteiger partial charge is 0.311 e. The summed E-state index contributed by atoms with van der Waals surface area (Å²) in [5.74, 6) is 3.75. The van der Waals surface area contributed by atoms with E-state index in [-0.39, 0.29) is 0 Å². The van der Waals surface area contributed by atoms with Crippen molar-refractivity contribution < 1.29 is 0 Å². The molecule has 0 aromatic rings. The molecule has 1 N–H and O–H groups in total. The van der Waals surface area contributed by atoms with Crippen molar-refractivity contribution >= 4 is 0 Å². The Hall–Kier alpha value is -0.0400. The van der Waals surface area contributed by atoms with Crippen molar-refractivity contribution in [2.45, 2.75) is 51.5 Å². The summed E-state index contributed by atoms with van der Waals surface area (Å²) in [5.41, 5.74) is 0.551. The number of nitrogens with one attached hydrogen (secondary N) is 1. The lowest BCUT2D eigenvalue weighted by molar-refractivity contribution is 0.0161. The van der Waals surface area contributed by atoms with Gasteiger partial charge in [0.2, 0.25) is 0 Å². The molecule has 0 heterocycles. The van der Waals surface area contributed by atoms with Gasteiger partial charge in [0.1, 0.15) is 0 Å². The molecular weight excluding hydrogens is 182 g/mol. The predicted molar refractivity (Wildman–Crippen MR) is 63.4 cm³/mol. The van der Waals surface area contributed by atoms with Gasteiger partial charge in [-0.2, -0.15) is 0 Å². The van der Waals surface area contributed by atoms with E-state index in [9.17, 15) is 0 Å². The smallest absolute Gasteiger partial charge is 0.0189 e. The molecule has 0 aromatic heterocycles. The molecule has 0 amide bonds. The zero-order chi connectivity index (χ0) is 10.5. The molecule has 4 aliphatic rings. The molecule has 0 aromatic carbocycles. The molecule has 4 fully saturated rings. The van der Waals surface area contributed by atoms with Gasteiger partial charge in [0.15, 0.2) is 0 Å². The van der Waals surface area contributed by atoms with Gasteiger partial charge >= 0.3 is 0 Å². The molecule has 0 spiro atoms. The lowest BCUT2D eigenvalue weighted by Crippen LogP contribution is -2.59. The zero-order valence-corrected chi connectivity index (χ0v) is 10.1. The fraction of sp³-hybridized carbons (Fsp3) is 0.929. The Bertz CT molecular complexity index is 208. The van der Waals surface area contributed by atoms with Crippen LogP contribution in [0.5, 0.6) is 0 Å². The summed E-state index contributed by atoms with van der Waals surface area (Å²) in [7, 11) is 0. The van der Waals surface area contributed by atoms with Crippen LogP contribution in [0.3, 0.4) is 0 Å². The molecule has 1 heteroatoms. The number of rotatable bonds is 3. The quantitative estimate of drug-likeness (QED) is 0.748. The topological polar surface area (TPSA) is 12.0 Å². The molecule has 4 aliphatic carbocycles. The monoisotopic (exact) mass is 206 g/mol. The van der Waals surface area contributed by atoms with Crippen molar-refractivity contribution in [2.24, 2.45) is 23.7 Å². The van der Waals surface area contributed by atoms with E-state index in [4.69, 9.17) is 0 Å². The molecule has 0 saturated heterocycles. The van der Waals surface area contributed by atoms with Crippen molar-refractivity contribution in [1.29, 1.82) is 0 Å². The average molecular weight is 206 g/mol. The highest BCUT2D eigenvalue weighted by Crippen LogP contribution is 2.55. The standard InChI is InChI=1S/C14H24N/c1-10(2)9-15-14-6-11-3-12(7-14)5-13(4-11)8-14/h3,10-13,15H,4-9H2,1-2H3/t11-,12+,13-,14+. The highest BCUT2D eigenvalue weighted by molar-refractivity contribution is 5.12. The third-order valence-corrected chi connectivity index (χ3v) is 4.69. The summed E-state index contributed by atoms with van der Waals surface area (Å²) in [5, 5.41) is 3.91. The van der Waals surface area contributed by atoms with Crippen LogP contribution in [0, 0.1) is 30.1 Å². The van der Waals surface area contributed by atoms with Gasteiger partial charge < -0.3 is 5.32 Å². The Kier molecular flexibility index (Phi) is 2.35. The van der Waals surface area contributed by atoms with E-state index in [0.29, 0.717) is 5.54 Å². The summed E-state index contributed by atoms with van der Waals surface area (Å²) in [6, 6.07) is 0. The second-order valence-corrected chi connectivity index (χ2v) is 6.72. The van der Waals surface area contributed by atoms with Gasteiger partial charge in [0.25, 0.3) is 0 Å². The summed E-state index contributed by atoms with van der Waals surface area (Å²) in [4.78, 5) is 0. The van der Waals surface area contributed by atoms with Crippen molar-refractivity contribution in [2.75, 3.05) is 6.54 Å². The first kappa shape index (κ1) is 10.1. The predicted octanol–water partition coefficient (Wildman–Crippen LogP) is 3.01. The Morgan fingerprint density at radius 2 is 1.87 bits per heavy atom. The summed E-state index contributed by atoms with van der Waals surface area (Å²) in [6.45, 7) is 5.85. The van der Waals surface area contributed by atoms with E-state index >= 15 is 0 Å². The highest BCUT2D eigenvalue weighted by atomic mass is 15.0. The maximum atomic E-state index is 3.91. The average Bonchev–Trinajstić information content (AvgIpc) is 2.12. The third-order valence-electron chi connectivity index (χ3n) is 4.69. The minimum Gasteiger partial charge on any atom is -0.311 e. The van der Waals surface area contributed by atoms with E-state index in [2.05, 4.69) is 25.6 Å². The minimum atomic E-state index is 0.551. The minimum absolute atomic E-state index is 0.551. The first-order valence-electron chi connectivity index (χ1n) is 6.75. The summed E-state index contributed by atoms with van der Waals surface area (Å²) in [6.07, 6.45) is 10.0. The van der Waals surface area contributed by atoms with Crippen LogP contribution in [0.25, 0.3) is 0 Å². The van der Waals surface area contributed by atoms with Gasteiger partial charge in [-0.05, 0) is 68.7 Å². The summed E-state index contributed by atoms with van der Waals surface area (Å²) < 4.78 is 0. The van der Waals surface area contributed by atoms with E-state index in [1.165, 1.54) is 38.6 Å². The van der Waals surface area contributed by atoms with Crippen LogP contribution < -0.4 is 5.32 Å². The van der Waals surface area contributed by atoms with Gasteiger partial charge in [-0.25, -0.2) is 0 Å². The lowest BCUT2D eigenvalue weighted by Gasteiger charge is -2.57. The second-order valence-electron chi connectivity index (χ2n) is 6.72. The number of hydrogen-bond donors (Lipinski definition) is 1. The molecule has 4 saturated carbocycles. The van der Waals surface area contributed by atoms with Crippen molar-refractivity contribution in [1.82, 2.24) is 5.32 Å². The van der Waals surface area contributed by atoms with Gasteiger partial charge in [-0.3, -0.25) is 0 Å².